The van der Waals surface area contributed by atoms with Crippen LogP contribution in [0.4, 0.5) is 11.4 Å². The molecule has 0 atom stereocenters. The molecule has 0 spiro atoms. The summed E-state index contributed by atoms with van der Waals surface area (Å²) in [5.41, 5.74) is 3.14. The lowest BCUT2D eigenvalue weighted by molar-refractivity contribution is 0.943. The minimum atomic E-state index is 0.461. The van der Waals surface area contributed by atoms with E-state index < -0.39 is 0 Å². The first-order valence-electron chi connectivity index (χ1n) is 6.31. The van der Waals surface area contributed by atoms with Crippen LogP contribution in [-0.2, 0) is 5.33 Å². The molecule has 20 heavy (non-hydrogen) atoms. The summed E-state index contributed by atoms with van der Waals surface area (Å²) in [5.74, 6) is 0. The van der Waals surface area contributed by atoms with E-state index in [0.29, 0.717) is 18.3 Å². The van der Waals surface area contributed by atoms with Crippen LogP contribution < -0.4 is 4.90 Å². The van der Waals surface area contributed by atoms with Gasteiger partial charge in [0.05, 0.1) is 12.5 Å². The molecule has 102 valence electrons. The number of rotatable bonds is 5. The maximum Gasteiger partial charge on any atom is 0.0640 e. The zero-order chi connectivity index (χ0) is 14.4. The predicted molar refractivity (Wildman–Crippen MR) is 87.8 cm³/mol. The van der Waals surface area contributed by atoms with Crippen molar-refractivity contribution < 1.29 is 0 Å². The van der Waals surface area contributed by atoms with Crippen LogP contribution in [0.25, 0.3) is 0 Å². The highest BCUT2D eigenvalue weighted by Crippen LogP contribution is 2.34. The van der Waals surface area contributed by atoms with Crippen molar-refractivity contribution >= 4 is 38.9 Å². The number of halogens is 2. The SMILES string of the molecule is N#CCCN(c1ccccc1)c1cccc(Cl)c1CBr. The Hall–Kier alpha value is -1.50. The van der Waals surface area contributed by atoms with E-state index in [1.807, 2.05) is 48.5 Å². The monoisotopic (exact) mass is 348 g/mol. The molecule has 0 bridgehead atoms. The van der Waals surface area contributed by atoms with Crippen molar-refractivity contribution in [3.8, 4) is 6.07 Å². The third-order valence-corrected chi connectivity index (χ3v) is 3.95. The van der Waals surface area contributed by atoms with E-state index in [1.165, 1.54) is 0 Å². The number of benzene rings is 2. The van der Waals surface area contributed by atoms with E-state index in [-0.39, 0.29) is 0 Å². The van der Waals surface area contributed by atoms with Crippen LogP contribution in [0.2, 0.25) is 5.02 Å². The molecule has 2 rings (SSSR count). The van der Waals surface area contributed by atoms with Crippen LogP contribution in [0.3, 0.4) is 0 Å². The molecule has 2 nitrogen and oxygen atoms in total. The number of hydrogen-bond donors (Lipinski definition) is 0. The van der Waals surface area contributed by atoms with Crippen molar-refractivity contribution in [3.05, 3.63) is 59.1 Å². The highest BCUT2D eigenvalue weighted by molar-refractivity contribution is 9.08. The molecular weight excluding hydrogens is 336 g/mol. The Balaban J connectivity index is 2.47. The van der Waals surface area contributed by atoms with Crippen molar-refractivity contribution in [2.45, 2.75) is 11.8 Å². The molecule has 0 aliphatic heterocycles. The van der Waals surface area contributed by atoms with Gasteiger partial charge in [0, 0.05) is 33.8 Å². The number of hydrogen-bond acceptors (Lipinski definition) is 2. The Labute approximate surface area is 132 Å². The van der Waals surface area contributed by atoms with Crippen LogP contribution in [0.5, 0.6) is 0 Å². The van der Waals surface area contributed by atoms with Crippen molar-refractivity contribution in [1.29, 1.82) is 5.26 Å². The number of para-hydroxylation sites is 1. The second kappa shape index (κ2) is 7.33. The van der Waals surface area contributed by atoms with Crippen molar-refractivity contribution in [2.24, 2.45) is 0 Å². The zero-order valence-electron chi connectivity index (χ0n) is 10.9. The summed E-state index contributed by atoms with van der Waals surface area (Å²) in [6.07, 6.45) is 0.461. The highest BCUT2D eigenvalue weighted by Gasteiger charge is 2.14. The molecule has 2 aromatic carbocycles. The molecule has 4 heteroatoms. The molecule has 0 N–H and O–H groups in total. The average Bonchev–Trinajstić information content (AvgIpc) is 2.49. The van der Waals surface area contributed by atoms with Gasteiger partial charge >= 0.3 is 0 Å². The Kier molecular flexibility index (Phi) is 5.46. The minimum Gasteiger partial charge on any atom is -0.340 e. The van der Waals surface area contributed by atoms with Crippen LogP contribution >= 0.6 is 27.5 Å². The number of nitrogens with zero attached hydrogens (tertiary/aromatic N) is 2. The maximum absolute atomic E-state index is 8.88. The first kappa shape index (κ1) is 14.9. The fourth-order valence-electron chi connectivity index (χ4n) is 2.09. The first-order chi connectivity index (χ1) is 9.77. The van der Waals surface area contributed by atoms with E-state index >= 15 is 0 Å². The third kappa shape index (κ3) is 3.33. The molecular formula is C16H14BrClN2. The van der Waals surface area contributed by atoms with Crippen LogP contribution in [-0.4, -0.2) is 6.54 Å². The van der Waals surface area contributed by atoms with Gasteiger partial charge in [-0.05, 0) is 24.3 Å². The van der Waals surface area contributed by atoms with E-state index in [1.54, 1.807) is 0 Å². The lowest BCUT2D eigenvalue weighted by atomic mass is 10.1. The van der Waals surface area contributed by atoms with E-state index in [0.717, 1.165) is 22.0 Å². The van der Waals surface area contributed by atoms with Gasteiger partial charge in [0.15, 0.2) is 0 Å². The minimum absolute atomic E-state index is 0.461. The van der Waals surface area contributed by atoms with Gasteiger partial charge in [-0.15, -0.1) is 0 Å². The molecule has 0 radical (unpaired) electrons. The second-order valence-electron chi connectivity index (χ2n) is 4.27. The van der Waals surface area contributed by atoms with E-state index in [4.69, 9.17) is 16.9 Å². The number of nitriles is 1. The summed E-state index contributed by atoms with van der Waals surface area (Å²) in [6, 6.07) is 18.1. The fourth-order valence-corrected chi connectivity index (χ4v) is 3.08. The second-order valence-corrected chi connectivity index (χ2v) is 5.23. The smallest absolute Gasteiger partial charge is 0.0640 e. The van der Waals surface area contributed by atoms with Gasteiger partial charge in [0.25, 0.3) is 0 Å². The topological polar surface area (TPSA) is 27.0 Å². The summed E-state index contributed by atoms with van der Waals surface area (Å²) in [7, 11) is 0. The van der Waals surface area contributed by atoms with Gasteiger partial charge in [-0.1, -0.05) is 51.8 Å². The van der Waals surface area contributed by atoms with Gasteiger partial charge in [0.2, 0.25) is 0 Å². The summed E-state index contributed by atoms with van der Waals surface area (Å²) >= 11 is 9.77. The lowest BCUT2D eigenvalue weighted by Gasteiger charge is -2.26. The Morgan fingerprint density at radius 1 is 1.10 bits per heavy atom. The quantitative estimate of drug-likeness (QED) is 0.686. The van der Waals surface area contributed by atoms with Crippen molar-refractivity contribution in [2.75, 3.05) is 11.4 Å². The molecule has 0 saturated carbocycles. The number of alkyl halides is 1. The van der Waals surface area contributed by atoms with Crippen LogP contribution in [0, 0.1) is 11.3 Å². The summed E-state index contributed by atoms with van der Waals surface area (Å²) < 4.78 is 0. The molecule has 0 saturated heterocycles. The molecule has 0 aromatic heterocycles. The van der Waals surface area contributed by atoms with E-state index in [2.05, 4.69) is 26.9 Å². The third-order valence-electron chi connectivity index (χ3n) is 3.03. The van der Waals surface area contributed by atoms with Gasteiger partial charge in [-0.3, -0.25) is 0 Å². The van der Waals surface area contributed by atoms with E-state index in [9.17, 15) is 0 Å². The van der Waals surface area contributed by atoms with Crippen molar-refractivity contribution in [1.82, 2.24) is 0 Å². The lowest BCUT2D eigenvalue weighted by Crippen LogP contribution is -2.19. The fraction of sp³-hybridized carbons (Fsp3) is 0.188. The maximum atomic E-state index is 8.88. The van der Waals surface area contributed by atoms with Crippen LogP contribution in [0.15, 0.2) is 48.5 Å². The number of anilines is 2. The van der Waals surface area contributed by atoms with Crippen molar-refractivity contribution in [3.63, 3.8) is 0 Å². The summed E-state index contributed by atoms with van der Waals surface area (Å²) in [5, 5.41) is 10.3. The zero-order valence-corrected chi connectivity index (χ0v) is 13.2. The molecule has 0 aliphatic rings. The Morgan fingerprint density at radius 2 is 1.85 bits per heavy atom. The molecule has 0 fully saturated rings. The normalized spacial score (nSPS) is 10.1. The molecule has 2 aromatic rings. The largest absolute Gasteiger partial charge is 0.340 e. The van der Waals surface area contributed by atoms with Crippen LogP contribution in [0.1, 0.15) is 12.0 Å². The summed E-state index contributed by atoms with van der Waals surface area (Å²) in [4.78, 5) is 2.13. The summed E-state index contributed by atoms with van der Waals surface area (Å²) in [6.45, 7) is 0.640. The molecule has 0 unspecified atom stereocenters. The molecule has 0 heterocycles. The predicted octanol–water partition coefficient (Wildman–Crippen LogP) is 5.29. The van der Waals surface area contributed by atoms with Gasteiger partial charge in [-0.2, -0.15) is 5.26 Å². The Morgan fingerprint density at radius 3 is 2.50 bits per heavy atom. The molecule has 0 amide bonds. The van der Waals surface area contributed by atoms with Gasteiger partial charge < -0.3 is 4.90 Å². The highest BCUT2D eigenvalue weighted by atomic mass is 79.9. The standard InChI is InChI=1S/C16H14BrClN2/c17-12-14-15(18)8-4-9-16(14)20(11-5-10-19)13-6-2-1-3-7-13/h1-4,6-9H,5,11-12H2. The average molecular weight is 350 g/mol. The Bertz CT molecular complexity index is 608. The molecule has 0 aliphatic carbocycles. The first-order valence-corrected chi connectivity index (χ1v) is 7.80. The van der Waals surface area contributed by atoms with Gasteiger partial charge in [-0.25, -0.2) is 0 Å². The van der Waals surface area contributed by atoms with Gasteiger partial charge in [0.1, 0.15) is 0 Å².